The van der Waals surface area contributed by atoms with Gasteiger partial charge >= 0.3 is 0 Å². The Hall–Kier alpha value is -6.90. The maximum atomic E-state index is 2.40. The Balaban J connectivity index is 1.18. The molecular weight excluding hydrogens is 629 g/mol. The predicted octanol–water partition coefficient (Wildman–Crippen LogP) is 13.9. The highest BCUT2D eigenvalue weighted by atomic mass is 15.1. The van der Waals surface area contributed by atoms with E-state index in [1.165, 1.54) is 65.6 Å². The second-order valence-corrected chi connectivity index (χ2v) is 13.4. The Bertz CT molecular complexity index is 2860. The minimum Gasteiger partial charge on any atom is -0.310 e. The zero-order valence-electron chi connectivity index (χ0n) is 28.5. The lowest BCUT2D eigenvalue weighted by atomic mass is 9.98. The van der Waals surface area contributed by atoms with Crippen LogP contribution in [0.4, 0.5) is 17.1 Å². The molecule has 0 aliphatic carbocycles. The molecule has 1 heterocycles. The third kappa shape index (κ3) is 5.04. The van der Waals surface area contributed by atoms with E-state index in [0.717, 1.165) is 22.7 Å². The van der Waals surface area contributed by atoms with Crippen LogP contribution in [0.3, 0.4) is 0 Å². The maximum Gasteiger partial charge on any atom is 0.0547 e. The van der Waals surface area contributed by atoms with Crippen LogP contribution in [0.1, 0.15) is 0 Å². The van der Waals surface area contributed by atoms with Gasteiger partial charge in [0.2, 0.25) is 0 Å². The van der Waals surface area contributed by atoms with E-state index in [4.69, 9.17) is 0 Å². The van der Waals surface area contributed by atoms with Gasteiger partial charge < -0.3 is 9.47 Å². The van der Waals surface area contributed by atoms with E-state index in [-0.39, 0.29) is 0 Å². The molecule has 0 aliphatic heterocycles. The van der Waals surface area contributed by atoms with Crippen LogP contribution in [-0.2, 0) is 0 Å². The first-order chi connectivity index (χ1) is 25.8. The van der Waals surface area contributed by atoms with Crippen LogP contribution in [0.2, 0.25) is 0 Å². The summed E-state index contributed by atoms with van der Waals surface area (Å²) in [7, 11) is 0. The zero-order valence-corrected chi connectivity index (χ0v) is 28.5. The fraction of sp³-hybridized carbons (Fsp3) is 0. The average Bonchev–Trinajstić information content (AvgIpc) is 3.56. The number of benzene rings is 9. The van der Waals surface area contributed by atoms with Gasteiger partial charge in [0.25, 0.3) is 0 Å². The molecule has 1 aromatic heterocycles. The summed E-state index contributed by atoms with van der Waals surface area (Å²) in [6.45, 7) is 0. The molecule has 0 fully saturated rings. The first-order valence-corrected chi connectivity index (χ1v) is 17.9. The largest absolute Gasteiger partial charge is 0.310 e. The second kappa shape index (κ2) is 12.5. The van der Waals surface area contributed by atoms with Crippen molar-refractivity contribution in [3.05, 3.63) is 206 Å². The van der Waals surface area contributed by atoms with Gasteiger partial charge in [0, 0.05) is 33.5 Å². The van der Waals surface area contributed by atoms with Crippen LogP contribution in [0.15, 0.2) is 206 Å². The normalized spacial score (nSPS) is 11.5. The lowest BCUT2D eigenvalue weighted by molar-refractivity contribution is 1.18. The molecular formula is C50H34N2. The van der Waals surface area contributed by atoms with Gasteiger partial charge in [-0.15, -0.1) is 0 Å². The first-order valence-electron chi connectivity index (χ1n) is 17.9. The average molecular weight is 663 g/mol. The Morgan fingerprint density at radius 1 is 0.327 bits per heavy atom. The topological polar surface area (TPSA) is 8.17 Å². The molecule has 0 aliphatic rings. The highest BCUT2D eigenvalue weighted by Crippen LogP contribution is 2.42. The van der Waals surface area contributed by atoms with E-state index in [9.17, 15) is 0 Å². The van der Waals surface area contributed by atoms with E-state index in [2.05, 4.69) is 216 Å². The van der Waals surface area contributed by atoms with E-state index in [0.29, 0.717) is 0 Å². The molecule has 0 atom stereocenters. The molecule has 9 aromatic carbocycles. The third-order valence-electron chi connectivity index (χ3n) is 10.4. The molecule has 0 saturated heterocycles. The van der Waals surface area contributed by atoms with Crippen molar-refractivity contribution in [1.29, 1.82) is 0 Å². The predicted molar refractivity (Wildman–Crippen MR) is 221 cm³/mol. The number of hydrogen-bond donors (Lipinski definition) is 0. The second-order valence-electron chi connectivity index (χ2n) is 13.4. The smallest absolute Gasteiger partial charge is 0.0547 e. The molecule has 0 spiro atoms. The molecule has 2 nitrogen and oxygen atoms in total. The quantitative estimate of drug-likeness (QED) is 0.172. The maximum absolute atomic E-state index is 2.40. The molecule has 0 N–H and O–H groups in total. The van der Waals surface area contributed by atoms with Crippen LogP contribution < -0.4 is 4.90 Å². The number of fused-ring (bicyclic) bond motifs is 6. The molecule has 0 amide bonds. The van der Waals surface area contributed by atoms with Gasteiger partial charge in [-0.25, -0.2) is 0 Å². The number of anilines is 3. The molecule has 0 saturated carbocycles. The van der Waals surface area contributed by atoms with Crippen molar-refractivity contribution in [2.45, 2.75) is 0 Å². The third-order valence-corrected chi connectivity index (χ3v) is 10.4. The summed E-state index contributed by atoms with van der Waals surface area (Å²) in [6, 6.07) is 74.7. The number of nitrogens with zero attached hydrogens (tertiary/aromatic N) is 2. The molecule has 0 radical (unpaired) electrons. The van der Waals surface area contributed by atoms with E-state index in [1.807, 2.05) is 0 Å². The fourth-order valence-corrected chi connectivity index (χ4v) is 7.92. The zero-order chi connectivity index (χ0) is 34.4. The van der Waals surface area contributed by atoms with Crippen molar-refractivity contribution in [1.82, 2.24) is 4.57 Å². The Morgan fingerprint density at radius 2 is 0.865 bits per heavy atom. The van der Waals surface area contributed by atoms with Crippen molar-refractivity contribution >= 4 is 60.4 Å². The molecule has 0 unspecified atom stereocenters. The standard InChI is InChI=1S/C50H34N2/c1-3-12-35(13-4-1)36-22-27-41(28-23-36)51(42-29-24-39(25-30-42)45-21-11-16-37-14-7-9-19-44(37)45)43-31-33-48-47(34-43)50-46-20-10-8-15-38(46)26-32-49(50)52(48)40-17-5-2-6-18-40/h1-34H. The number of rotatable bonds is 6. The molecule has 52 heavy (non-hydrogen) atoms. The van der Waals surface area contributed by atoms with Gasteiger partial charge in [-0.3, -0.25) is 0 Å². The van der Waals surface area contributed by atoms with E-state index < -0.39 is 0 Å². The van der Waals surface area contributed by atoms with Crippen molar-refractivity contribution in [2.75, 3.05) is 4.90 Å². The number of hydrogen-bond acceptors (Lipinski definition) is 1. The van der Waals surface area contributed by atoms with E-state index in [1.54, 1.807) is 0 Å². The van der Waals surface area contributed by atoms with Gasteiger partial charge in [-0.05, 0) is 104 Å². The lowest BCUT2D eigenvalue weighted by Crippen LogP contribution is -2.10. The summed E-state index contributed by atoms with van der Waals surface area (Å²) in [4.78, 5) is 2.39. The van der Waals surface area contributed by atoms with Gasteiger partial charge in [0.05, 0.1) is 11.0 Å². The minimum absolute atomic E-state index is 1.10. The molecule has 0 bridgehead atoms. The molecule has 244 valence electrons. The van der Waals surface area contributed by atoms with Gasteiger partial charge in [-0.2, -0.15) is 0 Å². The van der Waals surface area contributed by atoms with Gasteiger partial charge in [0.1, 0.15) is 0 Å². The van der Waals surface area contributed by atoms with Crippen molar-refractivity contribution in [3.63, 3.8) is 0 Å². The highest BCUT2D eigenvalue weighted by molar-refractivity contribution is 6.22. The Morgan fingerprint density at radius 3 is 1.60 bits per heavy atom. The molecule has 10 rings (SSSR count). The van der Waals surface area contributed by atoms with Crippen LogP contribution in [0.5, 0.6) is 0 Å². The molecule has 2 heteroatoms. The van der Waals surface area contributed by atoms with Crippen molar-refractivity contribution in [3.8, 4) is 27.9 Å². The van der Waals surface area contributed by atoms with Crippen LogP contribution in [0.25, 0.3) is 71.3 Å². The van der Waals surface area contributed by atoms with Crippen LogP contribution in [0, 0.1) is 0 Å². The van der Waals surface area contributed by atoms with Crippen LogP contribution in [-0.4, -0.2) is 4.57 Å². The Labute approximate surface area is 303 Å². The summed E-state index contributed by atoms with van der Waals surface area (Å²) in [5.74, 6) is 0. The number of aromatic nitrogens is 1. The van der Waals surface area contributed by atoms with Crippen molar-refractivity contribution < 1.29 is 0 Å². The van der Waals surface area contributed by atoms with Gasteiger partial charge in [0.15, 0.2) is 0 Å². The molecule has 10 aromatic rings. The van der Waals surface area contributed by atoms with Gasteiger partial charge in [-0.1, -0.05) is 146 Å². The fourth-order valence-electron chi connectivity index (χ4n) is 7.92. The SMILES string of the molecule is c1ccc(-c2ccc(N(c3ccc(-c4cccc5ccccc45)cc3)c3ccc4c(c3)c3c5ccccc5ccc3n4-c3ccccc3)cc2)cc1. The summed E-state index contributed by atoms with van der Waals surface area (Å²) >= 11 is 0. The highest BCUT2D eigenvalue weighted by Gasteiger charge is 2.19. The minimum atomic E-state index is 1.10. The van der Waals surface area contributed by atoms with Crippen LogP contribution >= 0.6 is 0 Å². The first kappa shape index (κ1) is 30.0. The lowest BCUT2D eigenvalue weighted by Gasteiger charge is -2.26. The Kier molecular flexibility index (Phi) is 7.18. The van der Waals surface area contributed by atoms with E-state index >= 15 is 0 Å². The monoisotopic (exact) mass is 662 g/mol. The summed E-state index contributed by atoms with van der Waals surface area (Å²) in [6.07, 6.45) is 0. The summed E-state index contributed by atoms with van der Waals surface area (Å²) in [5.41, 5.74) is 11.7. The summed E-state index contributed by atoms with van der Waals surface area (Å²) < 4.78 is 2.40. The number of para-hydroxylation sites is 1. The van der Waals surface area contributed by atoms with Crippen molar-refractivity contribution in [2.24, 2.45) is 0 Å². The summed E-state index contributed by atoms with van der Waals surface area (Å²) in [5, 5.41) is 7.51.